The fourth-order valence-corrected chi connectivity index (χ4v) is 4.17. The van der Waals surface area contributed by atoms with Crippen molar-refractivity contribution >= 4 is 35.0 Å². The van der Waals surface area contributed by atoms with E-state index in [2.05, 4.69) is 20.8 Å². The van der Waals surface area contributed by atoms with E-state index in [-0.39, 0.29) is 5.91 Å². The molecular formula is C23H20ClN5O2S. The number of carbonyl (C=O) groups excluding carboxylic acids is 1. The van der Waals surface area contributed by atoms with Crippen LogP contribution in [0.2, 0.25) is 5.02 Å². The molecule has 1 N–H and O–H groups in total. The van der Waals surface area contributed by atoms with Crippen molar-refractivity contribution in [2.45, 2.75) is 17.3 Å². The first-order valence-corrected chi connectivity index (χ1v) is 11.2. The van der Waals surface area contributed by atoms with Crippen LogP contribution in [0.1, 0.15) is 17.7 Å². The zero-order valence-corrected chi connectivity index (χ0v) is 18.8. The van der Waals surface area contributed by atoms with Crippen LogP contribution >= 0.6 is 23.4 Å². The van der Waals surface area contributed by atoms with Crippen molar-refractivity contribution in [3.05, 3.63) is 89.4 Å². The van der Waals surface area contributed by atoms with E-state index < -0.39 is 5.25 Å². The van der Waals surface area contributed by atoms with Crippen molar-refractivity contribution in [3.8, 4) is 11.4 Å². The first kappa shape index (κ1) is 21.9. The Hall–Kier alpha value is -3.36. The molecule has 0 unspecified atom stereocenters. The number of carbonyl (C=O) groups is 1. The highest BCUT2D eigenvalue weighted by atomic mass is 35.5. The van der Waals surface area contributed by atoms with E-state index in [0.717, 1.165) is 11.3 Å². The number of anilines is 1. The maximum Gasteiger partial charge on any atom is 0.242 e. The Morgan fingerprint density at radius 3 is 2.53 bits per heavy atom. The van der Waals surface area contributed by atoms with Gasteiger partial charge >= 0.3 is 0 Å². The van der Waals surface area contributed by atoms with Gasteiger partial charge in [0.25, 0.3) is 0 Å². The summed E-state index contributed by atoms with van der Waals surface area (Å²) in [5.74, 6) is 0.408. The van der Waals surface area contributed by atoms with Crippen molar-refractivity contribution in [2.75, 3.05) is 11.9 Å². The molecule has 3 aromatic carbocycles. The molecule has 4 aromatic rings. The molecule has 9 heteroatoms. The molecule has 0 radical (unpaired) electrons. The number of aromatic nitrogens is 4. The Balaban J connectivity index is 1.64. The maximum atomic E-state index is 13.4. The largest absolute Gasteiger partial charge is 0.492 e. The third-order valence-electron chi connectivity index (χ3n) is 4.52. The summed E-state index contributed by atoms with van der Waals surface area (Å²) in [5, 5.41) is 15.5. The molecule has 0 fully saturated rings. The van der Waals surface area contributed by atoms with Crippen LogP contribution < -0.4 is 10.1 Å². The predicted molar refractivity (Wildman–Crippen MR) is 125 cm³/mol. The predicted octanol–water partition coefficient (Wildman–Crippen LogP) is 5.19. The first-order valence-electron chi connectivity index (χ1n) is 9.94. The number of para-hydroxylation sites is 2. The molecule has 0 saturated heterocycles. The first-order chi connectivity index (χ1) is 15.7. The van der Waals surface area contributed by atoms with E-state index >= 15 is 0 Å². The van der Waals surface area contributed by atoms with Gasteiger partial charge in [0.05, 0.1) is 18.0 Å². The molecule has 1 aromatic heterocycles. The highest BCUT2D eigenvalue weighted by Gasteiger charge is 2.26. The quantitative estimate of drug-likeness (QED) is 0.361. The monoisotopic (exact) mass is 465 g/mol. The Kier molecular flexibility index (Phi) is 7.03. The summed E-state index contributed by atoms with van der Waals surface area (Å²) in [6, 6.07) is 24.0. The molecule has 0 saturated carbocycles. The van der Waals surface area contributed by atoms with Gasteiger partial charge in [-0.25, -0.2) is 0 Å². The van der Waals surface area contributed by atoms with Crippen molar-refractivity contribution < 1.29 is 9.53 Å². The molecule has 0 spiro atoms. The van der Waals surface area contributed by atoms with Gasteiger partial charge < -0.3 is 10.1 Å². The summed E-state index contributed by atoms with van der Waals surface area (Å²) >= 11 is 7.26. The van der Waals surface area contributed by atoms with Gasteiger partial charge in [0, 0.05) is 5.02 Å². The zero-order valence-electron chi connectivity index (χ0n) is 17.2. The number of ether oxygens (including phenoxy) is 1. The SMILES string of the molecule is CCOc1ccccc1NC(=O)[C@@H](Sc1nnnn1-c1ccc(Cl)cc1)c1ccccc1. The number of amides is 1. The lowest BCUT2D eigenvalue weighted by Gasteiger charge is -2.18. The van der Waals surface area contributed by atoms with Crippen molar-refractivity contribution in [2.24, 2.45) is 0 Å². The van der Waals surface area contributed by atoms with Gasteiger partial charge in [0.1, 0.15) is 11.0 Å². The van der Waals surface area contributed by atoms with Crippen molar-refractivity contribution in [3.63, 3.8) is 0 Å². The highest BCUT2D eigenvalue weighted by Crippen LogP contribution is 2.36. The lowest BCUT2D eigenvalue weighted by molar-refractivity contribution is -0.115. The van der Waals surface area contributed by atoms with Crippen LogP contribution in [0, 0.1) is 0 Å². The van der Waals surface area contributed by atoms with Crippen LogP contribution in [0.15, 0.2) is 84.0 Å². The summed E-state index contributed by atoms with van der Waals surface area (Å²) < 4.78 is 7.23. The molecular weight excluding hydrogens is 446 g/mol. The number of nitrogens with zero attached hydrogens (tertiary/aromatic N) is 4. The number of benzene rings is 3. The van der Waals surface area contributed by atoms with Gasteiger partial charge in [-0.2, -0.15) is 4.68 Å². The number of thioether (sulfide) groups is 1. The van der Waals surface area contributed by atoms with Crippen LogP contribution in [0.4, 0.5) is 5.69 Å². The molecule has 1 atom stereocenters. The van der Waals surface area contributed by atoms with Crippen LogP contribution in [0.5, 0.6) is 5.75 Å². The van der Waals surface area contributed by atoms with Gasteiger partial charge in [-0.05, 0) is 59.3 Å². The van der Waals surface area contributed by atoms with Crippen molar-refractivity contribution in [1.82, 2.24) is 20.2 Å². The van der Waals surface area contributed by atoms with E-state index in [9.17, 15) is 4.79 Å². The van der Waals surface area contributed by atoms with E-state index in [1.165, 1.54) is 11.8 Å². The summed E-state index contributed by atoms with van der Waals surface area (Å²) in [4.78, 5) is 13.4. The number of halogens is 1. The summed E-state index contributed by atoms with van der Waals surface area (Å²) in [6.07, 6.45) is 0. The Morgan fingerprint density at radius 2 is 1.78 bits per heavy atom. The fraction of sp³-hybridized carbons (Fsp3) is 0.130. The summed E-state index contributed by atoms with van der Waals surface area (Å²) in [5.41, 5.74) is 2.18. The second kappa shape index (κ2) is 10.3. The molecule has 0 aliphatic rings. The standard InChI is InChI=1S/C23H20ClN5O2S/c1-2-31-20-11-7-6-10-19(20)25-22(30)21(16-8-4-3-5-9-16)32-23-26-27-28-29(23)18-14-12-17(24)13-15-18/h3-15,21H,2H2,1H3,(H,25,30)/t21-/m0/s1. The number of rotatable bonds is 8. The minimum absolute atomic E-state index is 0.209. The van der Waals surface area contributed by atoms with E-state index in [4.69, 9.17) is 16.3 Å². The van der Waals surface area contributed by atoms with Crippen LogP contribution in [-0.2, 0) is 4.79 Å². The molecule has 32 heavy (non-hydrogen) atoms. The van der Waals surface area contributed by atoms with E-state index in [0.29, 0.717) is 28.2 Å². The van der Waals surface area contributed by atoms with Gasteiger partial charge in [-0.1, -0.05) is 65.8 Å². The number of hydrogen-bond acceptors (Lipinski definition) is 6. The average Bonchev–Trinajstić information content (AvgIpc) is 3.28. The summed E-state index contributed by atoms with van der Waals surface area (Å²) in [7, 11) is 0. The van der Waals surface area contributed by atoms with Gasteiger partial charge in [0.15, 0.2) is 0 Å². The molecule has 1 heterocycles. The van der Waals surface area contributed by atoms with Crippen LogP contribution in [-0.4, -0.2) is 32.7 Å². The summed E-state index contributed by atoms with van der Waals surface area (Å²) in [6.45, 7) is 2.40. The molecule has 162 valence electrons. The Morgan fingerprint density at radius 1 is 1.06 bits per heavy atom. The third-order valence-corrected chi connectivity index (χ3v) is 5.96. The third kappa shape index (κ3) is 5.09. The second-order valence-electron chi connectivity index (χ2n) is 6.68. The minimum Gasteiger partial charge on any atom is -0.492 e. The van der Waals surface area contributed by atoms with E-state index in [1.807, 2.05) is 73.7 Å². The number of tetrazole rings is 1. The highest BCUT2D eigenvalue weighted by molar-refractivity contribution is 8.00. The minimum atomic E-state index is -0.595. The smallest absolute Gasteiger partial charge is 0.242 e. The molecule has 0 aliphatic carbocycles. The van der Waals surface area contributed by atoms with Crippen molar-refractivity contribution in [1.29, 1.82) is 0 Å². The van der Waals surface area contributed by atoms with Crippen LogP contribution in [0.25, 0.3) is 5.69 Å². The number of nitrogens with one attached hydrogen (secondary N) is 1. The maximum absolute atomic E-state index is 13.4. The Labute approximate surface area is 194 Å². The lowest BCUT2D eigenvalue weighted by atomic mass is 10.1. The van der Waals surface area contributed by atoms with Gasteiger partial charge in [-0.3, -0.25) is 4.79 Å². The second-order valence-corrected chi connectivity index (χ2v) is 8.19. The normalized spacial score (nSPS) is 11.7. The fourth-order valence-electron chi connectivity index (χ4n) is 3.05. The lowest BCUT2D eigenvalue weighted by Crippen LogP contribution is -2.20. The van der Waals surface area contributed by atoms with Gasteiger partial charge in [-0.15, -0.1) is 5.10 Å². The Bertz CT molecular complexity index is 1180. The zero-order chi connectivity index (χ0) is 22.3. The molecule has 0 aliphatic heterocycles. The molecule has 7 nitrogen and oxygen atoms in total. The molecule has 4 rings (SSSR count). The average molecular weight is 466 g/mol. The van der Waals surface area contributed by atoms with Gasteiger partial charge in [0.2, 0.25) is 11.1 Å². The number of hydrogen-bond donors (Lipinski definition) is 1. The van der Waals surface area contributed by atoms with E-state index in [1.54, 1.807) is 16.8 Å². The molecule has 0 bridgehead atoms. The topological polar surface area (TPSA) is 81.9 Å². The van der Waals surface area contributed by atoms with Crippen LogP contribution in [0.3, 0.4) is 0 Å². The molecule has 1 amide bonds.